The fourth-order valence-electron chi connectivity index (χ4n) is 12.5. The minimum absolute atomic E-state index is 0.0198. The lowest BCUT2D eigenvalue weighted by Crippen LogP contribution is -2.61. The molecule has 0 saturated heterocycles. The van der Waals surface area contributed by atoms with E-state index >= 15 is 0 Å². The van der Waals surface area contributed by atoms with E-state index in [-0.39, 0.29) is 28.4 Å². The van der Waals surface area contributed by atoms with Crippen molar-refractivity contribution in [3.63, 3.8) is 0 Å². The summed E-state index contributed by atoms with van der Waals surface area (Å²) in [4.78, 5) is 4.88. The van der Waals surface area contributed by atoms with E-state index in [0.717, 1.165) is 86.7 Å². The van der Waals surface area contributed by atoms with Gasteiger partial charge >= 0.3 is 0 Å². The summed E-state index contributed by atoms with van der Waals surface area (Å²) in [6.45, 7) is 21.2. The highest BCUT2D eigenvalue weighted by atomic mass is 15.2. The van der Waals surface area contributed by atoms with Gasteiger partial charge in [0.2, 0.25) is 0 Å². The smallest absolute Gasteiger partial charge is 0.252 e. The molecule has 2 nitrogen and oxygen atoms in total. The van der Waals surface area contributed by atoms with E-state index in [1.54, 1.807) is 0 Å². The van der Waals surface area contributed by atoms with Crippen LogP contribution in [0.25, 0.3) is 22.3 Å². The largest absolute Gasteiger partial charge is 0.311 e. The maximum atomic E-state index is 9.13. The fourth-order valence-corrected chi connectivity index (χ4v) is 12.5. The molecule has 11 rings (SSSR count). The molecule has 0 fully saturated rings. The summed E-state index contributed by atoms with van der Waals surface area (Å²) in [6, 6.07) is 49.0. The van der Waals surface area contributed by atoms with Crippen LogP contribution in [-0.2, 0) is 21.7 Å². The molecule has 0 atom stereocenters. The van der Waals surface area contributed by atoms with Gasteiger partial charge < -0.3 is 9.80 Å². The molecule has 7 aromatic rings. The Morgan fingerprint density at radius 3 is 1.52 bits per heavy atom. The molecule has 0 radical (unpaired) electrons. The molecule has 0 saturated carbocycles. The van der Waals surface area contributed by atoms with Gasteiger partial charge in [0.15, 0.2) is 0 Å². The van der Waals surface area contributed by atoms with Crippen LogP contribution in [0.2, 0.25) is 0 Å². The van der Waals surface area contributed by atoms with Crippen molar-refractivity contribution in [1.82, 2.24) is 0 Å². The highest BCUT2D eigenvalue weighted by Gasteiger charge is 2.49. The first-order valence-corrected chi connectivity index (χ1v) is 23.1. The van der Waals surface area contributed by atoms with Gasteiger partial charge in [-0.1, -0.05) is 146 Å². The zero-order chi connectivity index (χ0) is 46.5. The van der Waals surface area contributed by atoms with Crippen LogP contribution in [0.4, 0.5) is 34.1 Å². The number of fused-ring (bicyclic) bond motifs is 6. The normalized spacial score (nSPS) is 18.9. The van der Waals surface area contributed by atoms with Crippen LogP contribution in [0.15, 0.2) is 133 Å². The Morgan fingerprint density at radius 2 is 0.921 bits per heavy atom. The van der Waals surface area contributed by atoms with Gasteiger partial charge in [-0.25, -0.2) is 0 Å². The first kappa shape index (κ1) is 36.7. The molecule has 2 heterocycles. The topological polar surface area (TPSA) is 6.48 Å². The highest BCUT2D eigenvalue weighted by molar-refractivity contribution is 7.00. The molecule has 7 aromatic carbocycles. The van der Waals surface area contributed by atoms with Crippen molar-refractivity contribution in [3.8, 4) is 22.3 Å². The first-order chi connectivity index (χ1) is 31.1. The van der Waals surface area contributed by atoms with Crippen molar-refractivity contribution in [2.75, 3.05) is 9.80 Å². The Bertz CT molecular complexity index is 3140. The maximum Gasteiger partial charge on any atom is 0.252 e. The summed E-state index contributed by atoms with van der Waals surface area (Å²) in [5.41, 5.74) is 22.7. The van der Waals surface area contributed by atoms with Crippen molar-refractivity contribution < 1.29 is 4.11 Å². The van der Waals surface area contributed by atoms with Crippen molar-refractivity contribution in [2.24, 2.45) is 0 Å². The number of nitrogens with zero attached hydrogens (tertiary/aromatic N) is 2. The van der Waals surface area contributed by atoms with Gasteiger partial charge in [-0.2, -0.15) is 0 Å². The molecule has 0 unspecified atom stereocenters. The molecule has 0 bridgehead atoms. The second kappa shape index (κ2) is 13.6. The number of hydrogen-bond donors (Lipinski definition) is 0. The molecule has 0 amide bonds. The third-order valence-corrected chi connectivity index (χ3v) is 15.6. The molecule has 4 aliphatic rings. The van der Waals surface area contributed by atoms with Crippen LogP contribution in [0.5, 0.6) is 0 Å². The quantitative estimate of drug-likeness (QED) is 0.163. The van der Waals surface area contributed by atoms with Gasteiger partial charge in [0, 0.05) is 38.2 Å². The Balaban J connectivity index is 1.27. The van der Waals surface area contributed by atoms with Crippen LogP contribution in [0, 0.1) is 20.7 Å². The SMILES string of the molecule is [2H]C([2H])([2H])c1cc2c3c(c1)N(c1cc4c(cc1C)C(C)(C)CCC4(C)C)c1cc4c(cc1B3c1ccc(-c3ccccc3)cc1N2c1ccc(-c2ccccc2)cc1C)C(C)(C)CC4(C)C. The predicted molar refractivity (Wildman–Crippen MR) is 272 cm³/mol. The van der Waals surface area contributed by atoms with Crippen LogP contribution in [0.3, 0.4) is 0 Å². The first-order valence-electron chi connectivity index (χ1n) is 24.6. The Labute approximate surface area is 381 Å². The van der Waals surface area contributed by atoms with E-state index in [0.29, 0.717) is 5.56 Å². The Morgan fingerprint density at radius 1 is 0.429 bits per heavy atom. The third-order valence-electron chi connectivity index (χ3n) is 15.6. The van der Waals surface area contributed by atoms with Crippen LogP contribution < -0.4 is 26.2 Å². The monoisotopic (exact) mass is 824 g/mol. The number of anilines is 6. The lowest BCUT2D eigenvalue weighted by atomic mass is 9.33. The number of rotatable bonds is 4. The van der Waals surface area contributed by atoms with E-state index < -0.39 is 6.85 Å². The molecule has 0 N–H and O–H groups in total. The molecule has 0 aromatic heterocycles. The van der Waals surface area contributed by atoms with Crippen molar-refractivity contribution in [1.29, 1.82) is 0 Å². The molecular formula is C60H61BN2. The van der Waals surface area contributed by atoms with Gasteiger partial charge in [-0.15, -0.1) is 0 Å². The highest BCUT2D eigenvalue weighted by Crippen LogP contribution is 2.55. The Kier molecular flexibility index (Phi) is 7.92. The summed E-state index contributed by atoms with van der Waals surface area (Å²) in [6.07, 6.45) is 3.29. The number of aryl methyl sites for hydroxylation is 3. The van der Waals surface area contributed by atoms with E-state index in [1.165, 1.54) is 38.7 Å². The fraction of sp³-hybridized carbons (Fsp3) is 0.300. The van der Waals surface area contributed by atoms with Crippen LogP contribution >= 0.6 is 0 Å². The summed E-state index contributed by atoms with van der Waals surface area (Å²) in [5, 5.41) is 0. The summed E-state index contributed by atoms with van der Waals surface area (Å²) < 4.78 is 27.4. The zero-order valence-electron chi connectivity index (χ0n) is 41.8. The minimum Gasteiger partial charge on any atom is -0.311 e. The third kappa shape index (κ3) is 6.05. The second-order valence-corrected chi connectivity index (χ2v) is 21.9. The number of benzene rings is 7. The second-order valence-electron chi connectivity index (χ2n) is 21.9. The maximum absolute atomic E-state index is 9.13. The number of hydrogen-bond acceptors (Lipinski definition) is 2. The van der Waals surface area contributed by atoms with Crippen molar-refractivity contribution >= 4 is 57.2 Å². The molecule has 314 valence electrons. The lowest BCUT2D eigenvalue weighted by Gasteiger charge is -2.46. The van der Waals surface area contributed by atoms with Gasteiger partial charge in [-0.3, -0.25) is 0 Å². The van der Waals surface area contributed by atoms with Crippen molar-refractivity contribution in [2.45, 2.75) is 117 Å². The van der Waals surface area contributed by atoms with Crippen LogP contribution in [-0.4, -0.2) is 6.71 Å². The van der Waals surface area contributed by atoms with Gasteiger partial charge in [0.25, 0.3) is 6.71 Å². The Hall–Kier alpha value is -5.80. The van der Waals surface area contributed by atoms with Gasteiger partial charge in [0.1, 0.15) is 0 Å². The molecule has 2 aliphatic heterocycles. The van der Waals surface area contributed by atoms with E-state index in [9.17, 15) is 0 Å². The summed E-state index contributed by atoms with van der Waals surface area (Å²) >= 11 is 0. The zero-order valence-corrected chi connectivity index (χ0v) is 38.8. The standard InChI is InChI=1S/C60H61BN2/c1-37-28-54-56-55(29-37)63(51-34-46-44(31-39(51)3)57(4,5)26-27-58(46,6)7)53-35-47-45(59(8,9)36-60(47,10)11)33-49(53)61(56)48-24-22-43(41-20-16-13-17-21-41)32-52(48)62(54)50-25-23-42(30-38(50)2)40-18-14-12-15-19-40/h12-25,28-35H,26-27,36H2,1-11H3/i1D3. The molecule has 0 spiro atoms. The van der Waals surface area contributed by atoms with Crippen LogP contribution in [0.1, 0.15) is 118 Å². The lowest BCUT2D eigenvalue weighted by molar-refractivity contribution is 0.332. The summed E-state index contributed by atoms with van der Waals surface area (Å²) in [7, 11) is 0. The predicted octanol–water partition coefficient (Wildman–Crippen LogP) is 14.3. The van der Waals surface area contributed by atoms with Gasteiger partial charge in [-0.05, 0) is 182 Å². The minimum atomic E-state index is -2.36. The average molecular weight is 824 g/mol. The van der Waals surface area contributed by atoms with Crippen molar-refractivity contribution in [3.05, 3.63) is 172 Å². The summed E-state index contributed by atoms with van der Waals surface area (Å²) in [5.74, 6) is 0. The van der Waals surface area contributed by atoms with Gasteiger partial charge in [0.05, 0.1) is 0 Å². The molecular weight excluding hydrogens is 759 g/mol. The van der Waals surface area contributed by atoms with E-state index in [1.807, 2.05) is 12.1 Å². The van der Waals surface area contributed by atoms with E-state index in [2.05, 4.69) is 200 Å². The molecule has 2 aliphatic carbocycles. The molecule has 63 heavy (non-hydrogen) atoms. The van der Waals surface area contributed by atoms with E-state index in [4.69, 9.17) is 4.11 Å². The average Bonchev–Trinajstić information content (AvgIpc) is 3.46. The molecule has 3 heteroatoms.